The number of methoxy groups -OCH3 is 1. The van der Waals surface area contributed by atoms with Gasteiger partial charge >= 0.3 is 0 Å². The van der Waals surface area contributed by atoms with Crippen LogP contribution in [0.2, 0.25) is 0 Å². The van der Waals surface area contributed by atoms with Gasteiger partial charge in [0.15, 0.2) is 0 Å². The molecule has 0 aliphatic heterocycles. The summed E-state index contributed by atoms with van der Waals surface area (Å²) in [5, 5.41) is 16.0. The highest BCUT2D eigenvalue weighted by Gasteiger charge is 2.20. The van der Waals surface area contributed by atoms with Crippen LogP contribution in [0.3, 0.4) is 0 Å². The summed E-state index contributed by atoms with van der Waals surface area (Å²) in [4.78, 5) is 23.8. The molecule has 0 atom stereocenters. The van der Waals surface area contributed by atoms with Gasteiger partial charge in [-0.25, -0.2) is 5.43 Å². The number of carbonyl (C=O) groups is 2. The van der Waals surface area contributed by atoms with Crippen LogP contribution in [-0.2, 0) is 4.79 Å². The van der Waals surface area contributed by atoms with Gasteiger partial charge in [-0.15, -0.1) is 11.3 Å². The van der Waals surface area contributed by atoms with Crippen molar-refractivity contribution in [3.8, 4) is 11.8 Å². The highest BCUT2D eigenvalue weighted by molar-refractivity contribution is 7.18. The van der Waals surface area contributed by atoms with E-state index >= 15 is 0 Å². The van der Waals surface area contributed by atoms with Crippen molar-refractivity contribution in [1.29, 1.82) is 5.26 Å². The summed E-state index contributed by atoms with van der Waals surface area (Å²) in [7, 11) is 1.58. The third-order valence-electron chi connectivity index (χ3n) is 3.25. The smallest absolute Gasteiger partial charge is 0.281 e. The fourth-order valence-corrected chi connectivity index (χ4v) is 3.11. The van der Waals surface area contributed by atoms with Gasteiger partial charge in [0, 0.05) is 6.92 Å². The maximum Gasteiger partial charge on any atom is 0.281 e. The summed E-state index contributed by atoms with van der Waals surface area (Å²) in [5.41, 5.74) is 4.00. The average molecular weight is 356 g/mol. The number of hydrazone groups is 1. The average Bonchev–Trinajstić information content (AvgIpc) is 2.90. The summed E-state index contributed by atoms with van der Waals surface area (Å²) >= 11 is 1.04. The van der Waals surface area contributed by atoms with Gasteiger partial charge in [-0.05, 0) is 42.3 Å². The first kappa shape index (κ1) is 18.2. The largest absolute Gasteiger partial charge is 0.497 e. The summed E-state index contributed by atoms with van der Waals surface area (Å²) in [6.45, 7) is 3.00. The molecule has 8 heteroatoms. The number of ether oxygens (including phenoxy) is 1. The molecule has 1 aromatic carbocycles. The normalized spacial score (nSPS) is 10.3. The molecule has 2 N–H and O–H groups in total. The highest BCUT2D eigenvalue weighted by atomic mass is 32.1. The Bertz CT molecular complexity index is 863. The first-order chi connectivity index (χ1) is 12.0. The number of hydrogen-bond acceptors (Lipinski definition) is 6. The molecule has 128 valence electrons. The number of anilines is 1. The molecule has 0 radical (unpaired) electrons. The Morgan fingerprint density at radius 1 is 1.32 bits per heavy atom. The molecule has 2 aromatic rings. The minimum absolute atomic E-state index is 0.282. The quantitative estimate of drug-likeness (QED) is 0.635. The number of nitrogens with zero attached hydrogens (tertiary/aromatic N) is 2. The van der Waals surface area contributed by atoms with Crippen molar-refractivity contribution in [2.75, 3.05) is 12.4 Å². The van der Waals surface area contributed by atoms with Crippen molar-refractivity contribution in [3.63, 3.8) is 0 Å². The first-order valence-corrected chi connectivity index (χ1v) is 8.06. The van der Waals surface area contributed by atoms with Crippen molar-refractivity contribution in [2.24, 2.45) is 5.10 Å². The third-order valence-corrected chi connectivity index (χ3v) is 4.46. The molecule has 0 bridgehead atoms. The molecule has 0 saturated carbocycles. The van der Waals surface area contributed by atoms with Crippen molar-refractivity contribution < 1.29 is 14.3 Å². The SMILES string of the molecule is COc1ccc(/C=N\NC(=O)c2sc(NC(C)=O)c(C#N)c2C)cc1. The minimum atomic E-state index is -0.444. The van der Waals surface area contributed by atoms with E-state index in [0.717, 1.165) is 22.6 Å². The Morgan fingerprint density at radius 2 is 2.00 bits per heavy atom. The van der Waals surface area contributed by atoms with E-state index in [4.69, 9.17) is 4.74 Å². The fourth-order valence-electron chi connectivity index (χ4n) is 2.02. The third kappa shape index (κ3) is 4.43. The Hall–Kier alpha value is -3.18. The van der Waals surface area contributed by atoms with Crippen LogP contribution in [0.1, 0.15) is 33.3 Å². The van der Waals surface area contributed by atoms with Crippen LogP contribution >= 0.6 is 11.3 Å². The molecule has 2 rings (SSSR count). The van der Waals surface area contributed by atoms with Crippen LogP contribution in [0.4, 0.5) is 5.00 Å². The van der Waals surface area contributed by atoms with E-state index in [1.807, 2.05) is 6.07 Å². The molecule has 0 saturated heterocycles. The zero-order chi connectivity index (χ0) is 18.4. The van der Waals surface area contributed by atoms with Crippen molar-refractivity contribution in [1.82, 2.24) is 5.43 Å². The number of nitriles is 1. The number of carbonyl (C=O) groups excluding carboxylic acids is 2. The van der Waals surface area contributed by atoms with E-state index in [2.05, 4.69) is 15.8 Å². The number of benzene rings is 1. The monoisotopic (exact) mass is 356 g/mol. The zero-order valence-corrected chi connectivity index (χ0v) is 14.7. The van der Waals surface area contributed by atoms with Gasteiger partial charge < -0.3 is 10.1 Å². The summed E-state index contributed by atoms with van der Waals surface area (Å²) in [6.07, 6.45) is 1.50. The fraction of sp³-hybridized carbons (Fsp3) is 0.176. The summed E-state index contributed by atoms with van der Waals surface area (Å²) in [6, 6.07) is 9.17. The van der Waals surface area contributed by atoms with E-state index in [-0.39, 0.29) is 11.5 Å². The van der Waals surface area contributed by atoms with E-state index in [1.165, 1.54) is 13.1 Å². The second kappa shape index (κ2) is 8.08. The van der Waals surface area contributed by atoms with Crippen LogP contribution in [0.25, 0.3) is 0 Å². The molecule has 1 heterocycles. The van der Waals surface area contributed by atoms with E-state index < -0.39 is 5.91 Å². The van der Waals surface area contributed by atoms with Gasteiger partial charge in [-0.1, -0.05) is 0 Å². The predicted molar refractivity (Wildman–Crippen MR) is 96.1 cm³/mol. The molecule has 0 fully saturated rings. The second-order valence-corrected chi connectivity index (χ2v) is 6.05. The van der Waals surface area contributed by atoms with Crippen LogP contribution in [-0.4, -0.2) is 25.1 Å². The van der Waals surface area contributed by atoms with Crippen LogP contribution in [0.15, 0.2) is 29.4 Å². The lowest BCUT2D eigenvalue weighted by molar-refractivity contribution is -0.114. The van der Waals surface area contributed by atoms with Gasteiger partial charge in [-0.2, -0.15) is 10.4 Å². The van der Waals surface area contributed by atoms with Gasteiger partial charge in [0.2, 0.25) is 5.91 Å². The maximum atomic E-state index is 12.3. The molecule has 25 heavy (non-hydrogen) atoms. The summed E-state index contributed by atoms with van der Waals surface area (Å²) < 4.78 is 5.07. The van der Waals surface area contributed by atoms with Crippen LogP contribution < -0.4 is 15.5 Å². The van der Waals surface area contributed by atoms with Crippen LogP contribution in [0.5, 0.6) is 5.75 Å². The number of nitrogens with one attached hydrogen (secondary N) is 2. The van der Waals surface area contributed by atoms with Crippen molar-refractivity contribution in [2.45, 2.75) is 13.8 Å². The maximum absolute atomic E-state index is 12.3. The molecular formula is C17H16N4O3S. The molecule has 1 aromatic heterocycles. The van der Waals surface area contributed by atoms with Gasteiger partial charge in [-0.3, -0.25) is 9.59 Å². The van der Waals surface area contributed by atoms with E-state index in [1.54, 1.807) is 38.3 Å². The standard InChI is InChI=1S/C17H16N4O3S/c1-10-14(8-18)17(20-11(2)22)25-15(10)16(23)21-19-9-12-4-6-13(24-3)7-5-12/h4-7,9H,1-3H3,(H,20,22)(H,21,23)/b19-9-. The van der Waals surface area contributed by atoms with Gasteiger partial charge in [0.05, 0.1) is 18.9 Å². The van der Waals surface area contributed by atoms with Crippen LogP contribution in [0, 0.1) is 18.3 Å². The van der Waals surface area contributed by atoms with Crippen molar-refractivity contribution in [3.05, 3.63) is 45.8 Å². The second-order valence-electron chi connectivity index (χ2n) is 5.03. The Kier molecular flexibility index (Phi) is 5.87. The van der Waals surface area contributed by atoms with Gasteiger partial charge in [0.1, 0.15) is 21.7 Å². The van der Waals surface area contributed by atoms with Gasteiger partial charge in [0.25, 0.3) is 5.91 Å². The number of rotatable bonds is 5. The molecule has 7 nitrogen and oxygen atoms in total. The van der Waals surface area contributed by atoms with E-state index in [9.17, 15) is 14.9 Å². The molecular weight excluding hydrogens is 340 g/mol. The lowest BCUT2D eigenvalue weighted by Gasteiger charge is -2.00. The Morgan fingerprint density at radius 3 is 2.56 bits per heavy atom. The molecule has 0 aliphatic carbocycles. The van der Waals surface area contributed by atoms with Crippen molar-refractivity contribution >= 4 is 34.4 Å². The lowest BCUT2D eigenvalue weighted by Crippen LogP contribution is -2.17. The van der Waals surface area contributed by atoms with E-state index in [0.29, 0.717) is 15.4 Å². The Labute approximate surface area is 148 Å². The first-order valence-electron chi connectivity index (χ1n) is 7.24. The number of thiophene rings is 1. The lowest BCUT2D eigenvalue weighted by atomic mass is 10.1. The summed E-state index contributed by atoms with van der Waals surface area (Å²) in [5.74, 6) is -0.0208. The molecule has 0 unspecified atom stereocenters. The molecule has 0 aliphatic rings. The number of hydrogen-bond donors (Lipinski definition) is 2. The Balaban J connectivity index is 2.12. The number of amides is 2. The topological polar surface area (TPSA) is 104 Å². The molecule has 2 amide bonds. The highest BCUT2D eigenvalue weighted by Crippen LogP contribution is 2.32. The minimum Gasteiger partial charge on any atom is -0.497 e. The predicted octanol–water partition coefficient (Wildman–Crippen LogP) is 2.66. The molecule has 0 spiro atoms. The zero-order valence-electron chi connectivity index (χ0n) is 13.9.